The summed E-state index contributed by atoms with van der Waals surface area (Å²) in [5.41, 5.74) is 1.55. The van der Waals surface area contributed by atoms with Crippen molar-refractivity contribution in [3.8, 4) is 11.6 Å². The average Bonchev–Trinajstić information content (AvgIpc) is 2.60. The third-order valence-corrected chi connectivity index (χ3v) is 4.36. The van der Waals surface area contributed by atoms with E-state index in [2.05, 4.69) is 4.98 Å². The molecule has 1 aromatic carbocycles. The number of aromatic nitrogens is 1. The van der Waals surface area contributed by atoms with Gasteiger partial charge in [0.25, 0.3) is 5.88 Å². The van der Waals surface area contributed by atoms with Gasteiger partial charge in [-0.05, 0) is 49.1 Å². The summed E-state index contributed by atoms with van der Waals surface area (Å²) in [5, 5.41) is 9.77. The maximum Gasteiger partial charge on any atom is 0.250 e. The first-order valence-electron chi connectivity index (χ1n) is 8.36. The number of nitrogens with zero attached hydrogens (tertiary/aromatic N) is 2. The summed E-state index contributed by atoms with van der Waals surface area (Å²) in [5.74, 6) is -0.361. The maximum atomic E-state index is 13.7. The molecular weight excluding hydrogens is 323 g/mol. The van der Waals surface area contributed by atoms with Crippen molar-refractivity contribution in [3.63, 3.8) is 0 Å². The van der Waals surface area contributed by atoms with Crippen molar-refractivity contribution in [2.24, 2.45) is 0 Å². The number of hydrogen-bond donors (Lipinski definition) is 1. The maximum absolute atomic E-state index is 13.7. The molecule has 1 atom stereocenters. The molecule has 0 saturated carbocycles. The van der Waals surface area contributed by atoms with E-state index < -0.39 is 5.82 Å². The first-order valence-corrected chi connectivity index (χ1v) is 8.36. The number of piperidine rings is 1. The number of aromatic hydroxyl groups is 1. The number of phenols is 1. The number of carbonyl (C=O) groups is 1. The fourth-order valence-electron chi connectivity index (χ4n) is 2.93. The number of benzene rings is 1. The van der Waals surface area contributed by atoms with Crippen LogP contribution in [0.5, 0.6) is 11.6 Å². The molecule has 1 aromatic heterocycles. The van der Waals surface area contributed by atoms with Crippen molar-refractivity contribution in [2.45, 2.75) is 32.3 Å². The largest absolute Gasteiger partial charge is 0.508 e. The molecule has 1 amide bonds. The molecule has 132 valence electrons. The van der Waals surface area contributed by atoms with Crippen molar-refractivity contribution in [2.75, 3.05) is 13.1 Å². The van der Waals surface area contributed by atoms with E-state index in [0.717, 1.165) is 24.0 Å². The van der Waals surface area contributed by atoms with E-state index in [4.69, 9.17) is 4.74 Å². The van der Waals surface area contributed by atoms with E-state index in [1.54, 1.807) is 17.0 Å². The summed E-state index contributed by atoms with van der Waals surface area (Å²) in [6, 6.07) is 8.07. The first kappa shape index (κ1) is 17.2. The zero-order valence-electron chi connectivity index (χ0n) is 14.1. The van der Waals surface area contributed by atoms with Crippen LogP contribution in [0.2, 0.25) is 0 Å². The monoisotopic (exact) mass is 344 g/mol. The lowest BCUT2D eigenvalue weighted by molar-refractivity contribution is -0.133. The van der Waals surface area contributed by atoms with Crippen molar-refractivity contribution in [1.82, 2.24) is 9.88 Å². The number of ether oxygens (including phenoxy) is 1. The number of hydrogen-bond acceptors (Lipinski definition) is 4. The molecule has 2 aromatic rings. The van der Waals surface area contributed by atoms with Crippen LogP contribution in [0.4, 0.5) is 4.39 Å². The van der Waals surface area contributed by atoms with Crippen LogP contribution in [0.3, 0.4) is 0 Å². The lowest BCUT2D eigenvalue weighted by Gasteiger charge is -2.32. The minimum Gasteiger partial charge on any atom is -0.508 e. The lowest BCUT2D eigenvalue weighted by atomic mass is 10.0. The SMILES string of the molecule is Cc1ccc(CC(=O)N2CCC[C@@H](Oc3ncccc3F)C2)cc1O. The van der Waals surface area contributed by atoms with Gasteiger partial charge in [0.15, 0.2) is 5.82 Å². The number of likely N-dealkylation sites (tertiary alicyclic amines) is 1. The summed E-state index contributed by atoms with van der Waals surface area (Å²) >= 11 is 0. The topological polar surface area (TPSA) is 62.7 Å². The van der Waals surface area contributed by atoms with E-state index in [9.17, 15) is 14.3 Å². The Morgan fingerprint density at radius 3 is 3.04 bits per heavy atom. The predicted octanol–water partition coefficient (Wildman–Crippen LogP) is 2.85. The van der Waals surface area contributed by atoms with E-state index in [-0.39, 0.29) is 30.1 Å². The second-order valence-electron chi connectivity index (χ2n) is 6.31. The Kier molecular flexibility index (Phi) is 5.16. The highest BCUT2D eigenvalue weighted by Gasteiger charge is 2.26. The molecule has 3 rings (SSSR count). The van der Waals surface area contributed by atoms with Gasteiger partial charge in [-0.1, -0.05) is 12.1 Å². The second kappa shape index (κ2) is 7.51. The highest BCUT2D eigenvalue weighted by molar-refractivity contribution is 5.79. The van der Waals surface area contributed by atoms with Crippen LogP contribution in [0.25, 0.3) is 0 Å². The Labute approximate surface area is 146 Å². The molecule has 0 bridgehead atoms. The first-order chi connectivity index (χ1) is 12.0. The Morgan fingerprint density at radius 2 is 2.28 bits per heavy atom. The molecule has 0 spiro atoms. The second-order valence-corrected chi connectivity index (χ2v) is 6.31. The van der Waals surface area contributed by atoms with Gasteiger partial charge in [-0.15, -0.1) is 0 Å². The number of rotatable bonds is 4. The van der Waals surface area contributed by atoms with Gasteiger partial charge in [0.05, 0.1) is 13.0 Å². The van der Waals surface area contributed by atoms with Crippen LogP contribution >= 0.6 is 0 Å². The molecule has 1 fully saturated rings. The zero-order valence-corrected chi connectivity index (χ0v) is 14.1. The van der Waals surface area contributed by atoms with Crippen LogP contribution in [-0.4, -0.2) is 40.1 Å². The Hall–Kier alpha value is -2.63. The molecule has 25 heavy (non-hydrogen) atoms. The smallest absolute Gasteiger partial charge is 0.250 e. The molecule has 6 heteroatoms. The summed E-state index contributed by atoms with van der Waals surface area (Å²) < 4.78 is 19.3. The molecule has 0 aliphatic carbocycles. The van der Waals surface area contributed by atoms with Crippen LogP contribution in [0, 0.1) is 12.7 Å². The van der Waals surface area contributed by atoms with Crippen molar-refractivity contribution < 1.29 is 19.0 Å². The van der Waals surface area contributed by atoms with Crippen molar-refractivity contribution >= 4 is 5.91 Å². The lowest BCUT2D eigenvalue weighted by Crippen LogP contribution is -2.45. The van der Waals surface area contributed by atoms with Gasteiger partial charge < -0.3 is 14.7 Å². The fraction of sp³-hybridized carbons (Fsp3) is 0.368. The van der Waals surface area contributed by atoms with Gasteiger partial charge >= 0.3 is 0 Å². The van der Waals surface area contributed by atoms with Crippen LogP contribution in [0.15, 0.2) is 36.5 Å². The highest BCUT2D eigenvalue weighted by atomic mass is 19.1. The number of halogens is 1. The van der Waals surface area contributed by atoms with E-state index in [0.29, 0.717) is 13.1 Å². The minimum absolute atomic E-state index is 0.0229. The molecule has 1 aliphatic rings. The normalized spacial score (nSPS) is 17.4. The van der Waals surface area contributed by atoms with Crippen molar-refractivity contribution in [3.05, 3.63) is 53.5 Å². The van der Waals surface area contributed by atoms with Gasteiger partial charge in [-0.2, -0.15) is 0 Å². The number of amides is 1. The quantitative estimate of drug-likeness (QED) is 0.926. The molecule has 0 radical (unpaired) electrons. The van der Waals surface area contributed by atoms with Crippen molar-refractivity contribution in [1.29, 1.82) is 0 Å². The summed E-state index contributed by atoms with van der Waals surface area (Å²) in [6.45, 7) is 2.87. The zero-order chi connectivity index (χ0) is 17.8. The summed E-state index contributed by atoms with van der Waals surface area (Å²) in [4.78, 5) is 18.2. The molecule has 0 unspecified atom stereocenters. The minimum atomic E-state index is -0.499. The Morgan fingerprint density at radius 1 is 1.44 bits per heavy atom. The van der Waals surface area contributed by atoms with Crippen LogP contribution in [0.1, 0.15) is 24.0 Å². The number of carbonyl (C=O) groups excluding carboxylic acids is 1. The van der Waals surface area contributed by atoms with Gasteiger partial charge in [0.2, 0.25) is 5.91 Å². The average molecular weight is 344 g/mol. The molecular formula is C19H21FN2O3. The third kappa shape index (κ3) is 4.26. The van der Waals surface area contributed by atoms with Gasteiger partial charge in [0.1, 0.15) is 11.9 Å². The summed E-state index contributed by atoms with van der Waals surface area (Å²) in [6.07, 6.45) is 2.98. The van der Waals surface area contributed by atoms with Crippen LogP contribution in [-0.2, 0) is 11.2 Å². The van der Waals surface area contributed by atoms with E-state index in [1.807, 2.05) is 13.0 Å². The number of aryl methyl sites for hydroxylation is 1. The predicted molar refractivity (Wildman–Crippen MR) is 91.0 cm³/mol. The highest BCUT2D eigenvalue weighted by Crippen LogP contribution is 2.21. The summed E-state index contributed by atoms with van der Waals surface area (Å²) in [7, 11) is 0. The number of phenolic OH excluding ortho intramolecular Hbond substituents is 1. The molecule has 1 saturated heterocycles. The van der Waals surface area contributed by atoms with E-state index >= 15 is 0 Å². The standard InChI is InChI=1S/C19H21FN2O3/c1-13-6-7-14(10-17(13)23)11-18(24)22-9-3-4-15(12-22)25-19-16(20)5-2-8-21-19/h2,5-8,10,15,23H,3-4,9,11-12H2,1H3/t15-/m1/s1. The molecule has 2 heterocycles. The van der Waals surface area contributed by atoms with Gasteiger partial charge in [-0.3, -0.25) is 4.79 Å². The fourth-order valence-corrected chi connectivity index (χ4v) is 2.93. The van der Waals surface area contributed by atoms with E-state index in [1.165, 1.54) is 18.3 Å². The Bertz CT molecular complexity index is 766. The molecule has 5 nitrogen and oxygen atoms in total. The van der Waals surface area contributed by atoms with Gasteiger partial charge in [-0.25, -0.2) is 9.37 Å². The molecule has 1 N–H and O–H groups in total. The third-order valence-electron chi connectivity index (χ3n) is 4.36. The number of pyridine rings is 1. The Balaban J connectivity index is 1.61. The molecule has 1 aliphatic heterocycles. The van der Waals surface area contributed by atoms with Gasteiger partial charge in [0, 0.05) is 12.7 Å². The van der Waals surface area contributed by atoms with Crippen LogP contribution < -0.4 is 4.74 Å².